The summed E-state index contributed by atoms with van der Waals surface area (Å²) in [6.45, 7) is 0. The average Bonchev–Trinajstić information content (AvgIpc) is 3.46. The molecular weight excluding hydrogens is 490 g/mol. The molecule has 6 rings (SSSR count). The second kappa shape index (κ2) is 8.84. The maximum absolute atomic E-state index is 13.9. The van der Waals surface area contributed by atoms with E-state index in [1.807, 2.05) is 42.5 Å². The van der Waals surface area contributed by atoms with Gasteiger partial charge in [0.2, 0.25) is 5.78 Å². The van der Waals surface area contributed by atoms with Crippen LogP contribution < -0.4 is 9.64 Å². The third kappa shape index (κ3) is 3.74. The van der Waals surface area contributed by atoms with Crippen molar-refractivity contribution in [3.63, 3.8) is 0 Å². The lowest BCUT2D eigenvalue weighted by Gasteiger charge is -2.28. The number of fused-ring (bicyclic) bond motifs is 2. The SMILES string of the molecule is COc1ccc(N2C(=O)C(O)=C(C(=O)c3cc4cc(Cl)ccc4o3)C2c2cccc3ccccc23)cc1. The Balaban J connectivity index is 1.55. The van der Waals surface area contributed by atoms with Gasteiger partial charge in [0.25, 0.3) is 5.91 Å². The molecule has 1 atom stereocenters. The molecule has 7 heteroatoms. The first-order valence-electron chi connectivity index (χ1n) is 11.6. The van der Waals surface area contributed by atoms with Gasteiger partial charge in [-0.05, 0) is 64.9 Å². The number of hydrogen-bond donors (Lipinski definition) is 1. The Morgan fingerprint density at radius 2 is 1.70 bits per heavy atom. The molecule has 1 N–H and O–H groups in total. The van der Waals surface area contributed by atoms with E-state index in [9.17, 15) is 14.7 Å². The Bertz CT molecular complexity index is 1730. The maximum Gasteiger partial charge on any atom is 0.294 e. The van der Waals surface area contributed by atoms with Crippen molar-refractivity contribution in [1.29, 1.82) is 0 Å². The number of aliphatic hydroxyl groups excluding tert-OH is 1. The first kappa shape index (κ1) is 22.9. The van der Waals surface area contributed by atoms with Gasteiger partial charge in [-0.15, -0.1) is 0 Å². The number of hydrogen-bond acceptors (Lipinski definition) is 5. The molecule has 5 aromatic rings. The van der Waals surface area contributed by atoms with Crippen molar-refractivity contribution in [3.8, 4) is 5.75 Å². The number of ether oxygens (including phenoxy) is 1. The van der Waals surface area contributed by atoms with Crippen LogP contribution in [0.15, 0.2) is 107 Å². The first-order valence-corrected chi connectivity index (χ1v) is 12.0. The quantitative estimate of drug-likeness (QED) is 0.257. The molecule has 0 aliphatic carbocycles. The summed E-state index contributed by atoms with van der Waals surface area (Å²) in [7, 11) is 1.56. The Kier molecular flexibility index (Phi) is 5.46. The molecule has 0 saturated carbocycles. The Morgan fingerprint density at radius 1 is 0.946 bits per heavy atom. The minimum absolute atomic E-state index is 0.00781. The van der Waals surface area contributed by atoms with Gasteiger partial charge in [0.15, 0.2) is 11.5 Å². The molecule has 0 saturated heterocycles. The molecule has 0 spiro atoms. The van der Waals surface area contributed by atoms with E-state index in [-0.39, 0.29) is 11.3 Å². The van der Waals surface area contributed by atoms with Crippen LogP contribution in [0, 0.1) is 0 Å². The topological polar surface area (TPSA) is 80.0 Å². The Morgan fingerprint density at radius 3 is 2.49 bits per heavy atom. The van der Waals surface area contributed by atoms with Gasteiger partial charge in [-0.1, -0.05) is 54.1 Å². The number of aliphatic hydroxyl groups is 1. The van der Waals surface area contributed by atoms with Crippen molar-refractivity contribution in [2.75, 3.05) is 12.0 Å². The summed E-state index contributed by atoms with van der Waals surface area (Å²) in [5.41, 5.74) is 1.64. The summed E-state index contributed by atoms with van der Waals surface area (Å²) in [5, 5.41) is 14.1. The zero-order valence-electron chi connectivity index (χ0n) is 19.6. The maximum atomic E-state index is 13.9. The number of halogens is 1. The molecule has 37 heavy (non-hydrogen) atoms. The van der Waals surface area contributed by atoms with Crippen molar-refractivity contribution >= 4 is 50.7 Å². The smallest absolute Gasteiger partial charge is 0.294 e. The van der Waals surface area contributed by atoms with Gasteiger partial charge < -0.3 is 14.3 Å². The third-order valence-electron chi connectivity index (χ3n) is 6.62. The predicted molar refractivity (Wildman–Crippen MR) is 142 cm³/mol. The highest BCUT2D eigenvalue weighted by molar-refractivity contribution is 6.31. The molecular formula is C30H20ClNO5. The number of rotatable bonds is 5. The summed E-state index contributed by atoms with van der Waals surface area (Å²) in [6.07, 6.45) is 0. The molecule has 0 radical (unpaired) electrons. The molecule has 1 aromatic heterocycles. The van der Waals surface area contributed by atoms with E-state index in [2.05, 4.69) is 0 Å². The summed E-state index contributed by atoms with van der Waals surface area (Å²) < 4.78 is 11.1. The van der Waals surface area contributed by atoms with E-state index in [1.54, 1.807) is 55.6 Å². The van der Waals surface area contributed by atoms with Crippen LogP contribution in [0.3, 0.4) is 0 Å². The lowest BCUT2D eigenvalue weighted by Crippen LogP contribution is -2.31. The van der Waals surface area contributed by atoms with Crippen LogP contribution in [-0.2, 0) is 4.79 Å². The summed E-state index contributed by atoms with van der Waals surface area (Å²) in [6, 6.07) is 26.0. The van der Waals surface area contributed by atoms with Crippen LogP contribution in [-0.4, -0.2) is 23.9 Å². The van der Waals surface area contributed by atoms with Gasteiger partial charge in [0, 0.05) is 16.1 Å². The standard InChI is InChI=1S/C30H20ClNO5/c1-36-21-12-10-20(11-13-21)32-27(23-8-4-6-17-5-2-3-7-22(17)23)26(29(34)30(32)35)28(33)25-16-18-15-19(31)9-14-24(18)37-25/h2-16,27,34H,1H3. The fourth-order valence-electron chi connectivity index (χ4n) is 4.89. The number of nitrogens with zero attached hydrogens (tertiary/aromatic N) is 1. The number of Topliss-reactive ketones (excluding diaryl/α,β-unsaturated/α-hetero) is 1. The molecule has 1 amide bonds. The second-order valence-electron chi connectivity index (χ2n) is 8.73. The van der Waals surface area contributed by atoms with E-state index in [1.165, 1.54) is 4.90 Å². The minimum atomic E-state index is -0.892. The van der Waals surface area contributed by atoms with Crippen LogP contribution in [0.1, 0.15) is 22.2 Å². The van der Waals surface area contributed by atoms with Crippen LogP contribution in [0.4, 0.5) is 5.69 Å². The van der Waals surface area contributed by atoms with Gasteiger partial charge in [-0.3, -0.25) is 14.5 Å². The molecule has 4 aromatic carbocycles. The Hall–Kier alpha value is -4.55. The minimum Gasteiger partial charge on any atom is -0.503 e. The van der Waals surface area contributed by atoms with Gasteiger partial charge in [-0.25, -0.2) is 0 Å². The number of benzene rings is 4. The number of furan rings is 1. The van der Waals surface area contributed by atoms with Gasteiger partial charge in [0.05, 0.1) is 18.7 Å². The van der Waals surface area contributed by atoms with Crippen LogP contribution in [0.25, 0.3) is 21.7 Å². The number of carbonyl (C=O) groups excluding carboxylic acids is 2. The summed E-state index contributed by atoms with van der Waals surface area (Å²) in [5.74, 6) is -1.24. The Labute approximate surface area is 216 Å². The normalized spacial score (nSPS) is 15.7. The van der Waals surface area contributed by atoms with Crippen LogP contribution in [0.5, 0.6) is 5.75 Å². The van der Waals surface area contributed by atoms with Gasteiger partial charge in [-0.2, -0.15) is 0 Å². The third-order valence-corrected chi connectivity index (χ3v) is 6.86. The second-order valence-corrected chi connectivity index (χ2v) is 9.16. The highest BCUT2D eigenvalue weighted by Crippen LogP contribution is 2.44. The summed E-state index contributed by atoms with van der Waals surface area (Å²) in [4.78, 5) is 28.9. The zero-order valence-corrected chi connectivity index (χ0v) is 20.4. The number of methoxy groups -OCH3 is 1. The van der Waals surface area contributed by atoms with E-state index < -0.39 is 23.5 Å². The van der Waals surface area contributed by atoms with Crippen molar-refractivity contribution in [1.82, 2.24) is 0 Å². The largest absolute Gasteiger partial charge is 0.503 e. The number of anilines is 1. The van der Waals surface area contributed by atoms with E-state index in [0.717, 1.165) is 10.8 Å². The van der Waals surface area contributed by atoms with Crippen molar-refractivity contribution < 1.29 is 23.8 Å². The monoisotopic (exact) mass is 509 g/mol. The number of ketones is 1. The average molecular weight is 510 g/mol. The zero-order chi connectivity index (χ0) is 25.7. The molecule has 0 bridgehead atoms. The summed E-state index contributed by atoms with van der Waals surface area (Å²) >= 11 is 6.11. The number of carbonyl (C=O) groups is 2. The van der Waals surface area contributed by atoms with E-state index in [4.69, 9.17) is 20.8 Å². The van der Waals surface area contributed by atoms with Crippen molar-refractivity contribution in [3.05, 3.63) is 119 Å². The van der Waals surface area contributed by atoms with Crippen LogP contribution in [0.2, 0.25) is 5.02 Å². The van der Waals surface area contributed by atoms with Gasteiger partial charge >= 0.3 is 0 Å². The van der Waals surface area contributed by atoms with Crippen LogP contribution >= 0.6 is 11.6 Å². The number of amides is 1. The molecule has 1 aliphatic heterocycles. The first-order chi connectivity index (χ1) is 18.0. The van der Waals surface area contributed by atoms with E-state index >= 15 is 0 Å². The van der Waals surface area contributed by atoms with Gasteiger partial charge in [0.1, 0.15) is 11.3 Å². The molecule has 1 aliphatic rings. The predicted octanol–water partition coefficient (Wildman–Crippen LogP) is 7.03. The van der Waals surface area contributed by atoms with Crippen molar-refractivity contribution in [2.45, 2.75) is 6.04 Å². The molecule has 0 fully saturated rings. The fourth-order valence-corrected chi connectivity index (χ4v) is 5.07. The van der Waals surface area contributed by atoms with E-state index in [0.29, 0.717) is 33.0 Å². The van der Waals surface area contributed by atoms with Crippen molar-refractivity contribution in [2.24, 2.45) is 0 Å². The molecule has 182 valence electrons. The molecule has 2 heterocycles. The molecule has 1 unspecified atom stereocenters. The highest BCUT2D eigenvalue weighted by atomic mass is 35.5. The highest BCUT2D eigenvalue weighted by Gasteiger charge is 2.46. The lowest BCUT2D eigenvalue weighted by molar-refractivity contribution is -0.117. The lowest BCUT2D eigenvalue weighted by atomic mass is 9.91. The molecule has 6 nitrogen and oxygen atoms in total. The fraction of sp³-hybridized carbons (Fsp3) is 0.0667.